The van der Waals surface area contributed by atoms with Crippen molar-refractivity contribution in [3.8, 4) is 0 Å². The topological polar surface area (TPSA) is 259 Å². The van der Waals surface area contributed by atoms with Gasteiger partial charge in [-0.2, -0.15) is 0 Å². The lowest BCUT2D eigenvalue weighted by Crippen LogP contribution is -2.60. The number of nitro groups is 6. The number of thioether (sulfide) groups is 1. The van der Waals surface area contributed by atoms with Gasteiger partial charge in [-0.1, -0.05) is 0 Å². The highest BCUT2D eigenvalue weighted by molar-refractivity contribution is 8.00. The quantitative estimate of drug-likeness (QED) is 0.281. The van der Waals surface area contributed by atoms with Crippen LogP contribution in [0.5, 0.6) is 0 Å². The Kier molecular flexibility index (Phi) is 4.56. The van der Waals surface area contributed by atoms with E-state index in [9.17, 15) is 60.7 Å². The Morgan fingerprint density at radius 1 is 0.476 bits per heavy atom. The maximum Gasteiger partial charge on any atom is 0.775 e. The summed E-state index contributed by atoms with van der Waals surface area (Å²) in [4.78, 5) is 48.9. The van der Waals surface area contributed by atoms with E-state index < -0.39 is 51.5 Å². The van der Waals surface area contributed by atoms with Crippen LogP contribution < -0.4 is 0 Å². The van der Waals surface area contributed by atoms with Crippen molar-refractivity contribution in [2.24, 2.45) is 0 Å². The molecule has 0 unspecified atom stereocenters. The van der Waals surface area contributed by atoms with Gasteiger partial charge in [-0.3, -0.25) is 60.7 Å². The first-order chi connectivity index (χ1) is 9.37. The molecule has 19 heteroatoms. The van der Waals surface area contributed by atoms with E-state index in [1.165, 1.54) is 0 Å². The second kappa shape index (κ2) is 5.40. The van der Waals surface area contributed by atoms with Gasteiger partial charge in [0.15, 0.2) is 29.5 Å². The molecule has 0 aliphatic carbocycles. The fourth-order valence-electron chi connectivity index (χ4n) is 0.807. The second-order valence-electron chi connectivity index (χ2n) is 2.79. The Hall–Kier alpha value is -3.25. The van der Waals surface area contributed by atoms with E-state index in [-0.39, 0.29) is 0 Å². The molecule has 0 radical (unpaired) electrons. The van der Waals surface area contributed by atoms with Gasteiger partial charge in [-0.05, 0) is 0 Å². The number of hydrogen-bond acceptors (Lipinski definition) is 13. The van der Waals surface area contributed by atoms with E-state index in [4.69, 9.17) is 0 Å². The Balaban J connectivity index is 6.47. The van der Waals surface area contributed by atoms with Crippen LogP contribution in [0.3, 0.4) is 0 Å². The molecule has 0 bridgehead atoms. The summed E-state index contributed by atoms with van der Waals surface area (Å²) in [5, 5.41) is 53.3. The molecule has 0 rings (SSSR count). The first-order valence-electron chi connectivity index (χ1n) is 3.94. The molecule has 116 valence electrons. The van der Waals surface area contributed by atoms with Crippen LogP contribution in [0.15, 0.2) is 0 Å². The summed E-state index contributed by atoms with van der Waals surface area (Å²) in [5.41, 5.74) is 0. The monoisotopic (exact) mass is 332 g/mol. The highest BCUT2D eigenvalue weighted by Crippen LogP contribution is 2.39. The van der Waals surface area contributed by atoms with Crippen molar-refractivity contribution in [3.05, 3.63) is 60.7 Å². The lowest BCUT2D eigenvalue weighted by atomic mass is 10.9. The highest BCUT2D eigenvalue weighted by Gasteiger charge is 2.91. The average molecular weight is 332 g/mol. The SMILES string of the molecule is O=[N+]([O-])C(SC([N+](=O)[O-])([N+](=O)[O-])[N+](=O)[O-])([N+](=O)[O-])[N+](=O)[O-]. The van der Waals surface area contributed by atoms with E-state index >= 15 is 0 Å². The average Bonchev–Trinajstić information content (AvgIpc) is 2.26. The van der Waals surface area contributed by atoms with Gasteiger partial charge in [0.25, 0.3) is 0 Å². The molecule has 21 heavy (non-hydrogen) atoms. The van der Waals surface area contributed by atoms with Crippen molar-refractivity contribution in [2.75, 3.05) is 0 Å². The van der Waals surface area contributed by atoms with Gasteiger partial charge < -0.3 is 0 Å². The van der Waals surface area contributed by atoms with Crippen molar-refractivity contribution in [3.63, 3.8) is 0 Å². The van der Waals surface area contributed by atoms with E-state index in [2.05, 4.69) is 0 Å². The molecule has 0 spiro atoms. The van der Waals surface area contributed by atoms with Gasteiger partial charge in [-0.15, -0.1) is 0 Å². The van der Waals surface area contributed by atoms with Crippen LogP contribution in [0.1, 0.15) is 0 Å². The molecule has 0 aromatic rings. The summed E-state index contributed by atoms with van der Waals surface area (Å²) < 4.78 is 0. The van der Waals surface area contributed by atoms with E-state index in [0.717, 1.165) is 0 Å². The molecule has 0 fully saturated rings. The van der Waals surface area contributed by atoms with Crippen molar-refractivity contribution in [2.45, 2.75) is 10.2 Å². The molecule has 0 saturated carbocycles. The molecular formula is C2N6O12S. The molecule has 0 aromatic heterocycles. The normalized spacial score (nSPS) is 11.4. The summed E-state index contributed by atoms with van der Waals surface area (Å²) in [6.45, 7) is 0. The fraction of sp³-hybridized carbons (Fsp3) is 1.00. The Morgan fingerprint density at radius 2 is 0.619 bits per heavy atom. The first kappa shape index (κ1) is 17.8. The van der Waals surface area contributed by atoms with Gasteiger partial charge in [0.2, 0.25) is 0 Å². The molecule has 0 aliphatic rings. The highest BCUT2D eigenvalue weighted by atomic mass is 32.2. The zero-order chi connectivity index (χ0) is 17.2. The molecule has 0 N–H and O–H groups in total. The molecule has 0 heterocycles. The Labute approximate surface area is 113 Å². The summed E-state index contributed by atoms with van der Waals surface area (Å²) in [6.07, 6.45) is 0. The lowest BCUT2D eigenvalue weighted by molar-refractivity contribution is -0.954. The van der Waals surface area contributed by atoms with Gasteiger partial charge in [0.05, 0.1) is 0 Å². The third-order valence-corrected chi connectivity index (χ3v) is 3.14. The summed E-state index contributed by atoms with van der Waals surface area (Å²) in [7, 11) is 0. The largest absolute Gasteiger partial charge is 0.775 e. The molecule has 0 aromatic carbocycles. The number of rotatable bonds is 8. The third kappa shape index (κ3) is 2.43. The molecule has 0 amide bonds. The third-order valence-electron chi connectivity index (χ3n) is 1.70. The maximum absolute atomic E-state index is 10.5. The minimum absolute atomic E-state index is 1.86. The van der Waals surface area contributed by atoms with E-state index in [1.54, 1.807) is 0 Å². The van der Waals surface area contributed by atoms with Gasteiger partial charge >= 0.3 is 22.0 Å². The predicted octanol–water partition coefficient (Wildman–Crippen LogP) is -1.40. The van der Waals surface area contributed by atoms with Crippen molar-refractivity contribution >= 4 is 11.8 Å². The summed E-state index contributed by atoms with van der Waals surface area (Å²) in [6, 6.07) is 0. The Morgan fingerprint density at radius 3 is 0.714 bits per heavy atom. The van der Waals surface area contributed by atoms with Crippen LogP contribution in [0, 0.1) is 60.7 Å². The molecule has 0 atom stereocenters. The van der Waals surface area contributed by atoms with Gasteiger partial charge in [0, 0.05) is 0 Å². The van der Waals surface area contributed by atoms with Crippen LogP contribution in [0.25, 0.3) is 0 Å². The van der Waals surface area contributed by atoms with Crippen molar-refractivity contribution < 1.29 is 29.5 Å². The van der Waals surface area contributed by atoms with E-state index in [0.29, 0.717) is 0 Å². The van der Waals surface area contributed by atoms with Crippen LogP contribution >= 0.6 is 11.8 Å². The molecule has 0 saturated heterocycles. The predicted molar refractivity (Wildman–Crippen MR) is 55.0 cm³/mol. The molecular weight excluding hydrogens is 332 g/mol. The fourth-order valence-corrected chi connectivity index (χ4v) is 1.62. The maximum atomic E-state index is 10.5. The molecule has 18 nitrogen and oxygen atoms in total. The number of nitrogens with zero attached hydrogens (tertiary/aromatic N) is 6. The van der Waals surface area contributed by atoms with E-state index in [1.807, 2.05) is 0 Å². The minimum Gasteiger partial charge on any atom is -0.252 e. The van der Waals surface area contributed by atoms with Crippen molar-refractivity contribution in [1.29, 1.82) is 0 Å². The van der Waals surface area contributed by atoms with Crippen LogP contribution in [-0.4, -0.2) is 39.8 Å². The lowest BCUT2D eigenvalue weighted by Gasteiger charge is -2.09. The van der Waals surface area contributed by atoms with Crippen molar-refractivity contribution in [1.82, 2.24) is 0 Å². The minimum atomic E-state index is -4.81. The summed E-state index contributed by atoms with van der Waals surface area (Å²) in [5.74, 6) is 0. The van der Waals surface area contributed by atoms with Crippen LogP contribution in [0.4, 0.5) is 0 Å². The zero-order valence-corrected chi connectivity index (χ0v) is 9.81. The van der Waals surface area contributed by atoms with Gasteiger partial charge in [0.1, 0.15) is 0 Å². The smallest absolute Gasteiger partial charge is 0.252 e. The standard InChI is InChI=1S/C2N6O12S/c9-3(10)1(4(11)12,5(13)14)21-2(6(15)16,7(17)18)8(19)20. The zero-order valence-electron chi connectivity index (χ0n) is 8.99. The second-order valence-corrected chi connectivity index (χ2v) is 4.09. The first-order valence-corrected chi connectivity index (χ1v) is 4.76. The molecule has 0 aliphatic heterocycles. The number of hydrogen-bond donors (Lipinski definition) is 0. The van der Waals surface area contributed by atoms with Crippen LogP contribution in [0.2, 0.25) is 0 Å². The van der Waals surface area contributed by atoms with Gasteiger partial charge in [-0.25, -0.2) is 0 Å². The van der Waals surface area contributed by atoms with Crippen LogP contribution in [-0.2, 0) is 0 Å². The Bertz CT molecular complexity index is 434. The summed E-state index contributed by atoms with van der Waals surface area (Å²) >= 11 is -1.86.